The summed E-state index contributed by atoms with van der Waals surface area (Å²) in [5.41, 5.74) is 0. The topological polar surface area (TPSA) is 95.9 Å². The number of hydrogen-bond acceptors (Lipinski definition) is 5. The first-order valence-electron chi connectivity index (χ1n) is 38.6. The molecule has 0 bridgehead atoms. The van der Waals surface area contributed by atoms with Crippen LogP contribution < -0.4 is 5.32 Å². The monoisotopic (exact) mass is 1200 g/mol. The summed E-state index contributed by atoms with van der Waals surface area (Å²) in [5.74, 6) is -0.0652. The van der Waals surface area contributed by atoms with E-state index in [9.17, 15) is 19.8 Å². The summed E-state index contributed by atoms with van der Waals surface area (Å²) < 4.78 is 5.48. The Labute approximate surface area is 537 Å². The quantitative estimate of drug-likeness (QED) is 0.0320. The van der Waals surface area contributed by atoms with Crippen LogP contribution in [-0.2, 0) is 14.3 Å². The van der Waals surface area contributed by atoms with E-state index in [-0.39, 0.29) is 18.5 Å². The molecule has 86 heavy (non-hydrogen) atoms. The second-order valence-corrected chi connectivity index (χ2v) is 26.3. The lowest BCUT2D eigenvalue weighted by Crippen LogP contribution is -2.45. The lowest BCUT2D eigenvalue weighted by Gasteiger charge is -2.20. The van der Waals surface area contributed by atoms with Gasteiger partial charge in [-0.15, -0.1) is 0 Å². The number of rotatable bonds is 72. The van der Waals surface area contributed by atoms with Gasteiger partial charge in [0.15, 0.2) is 0 Å². The van der Waals surface area contributed by atoms with Gasteiger partial charge in [-0.05, 0) is 89.9 Å². The average molecular weight is 1210 g/mol. The molecule has 0 spiro atoms. The Kier molecular flexibility index (Phi) is 72.9. The molecule has 0 aliphatic carbocycles. The van der Waals surface area contributed by atoms with E-state index in [1.807, 2.05) is 6.08 Å². The highest BCUT2D eigenvalue weighted by atomic mass is 16.5. The van der Waals surface area contributed by atoms with E-state index in [1.54, 1.807) is 6.08 Å². The molecule has 1 amide bonds. The molecule has 6 heteroatoms. The molecule has 0 saturated heterocycles. The third-order valence-corrected chi connectivity index (χ3v) is 17.8. The minimum absolute atomic E-state index is 0.00170. The molecule has 0 aliphatic heterocycles. The maximum absolute atomic E-state index is 12.6. The molecule has 0 radical (unpaired) electrons. The number of ether oxygens (including phenoxy) is 1. The van der Waals surface area contributed by atoms with Crippen molar-refractivity contribution in [2.24, 2.45) is 0 Å². The molecule has 2 atom stereocenters. The van der Waals surface area contributed by atoms with Gasteiger partial charge in [-0.25, -0.2) is 0 Å². The van der Waals surface area contributed by atoms with Crippen molar-refractivity contribution in [2.45, 2.75) is 424 Å². The maximum Gasteiger partial charge on any atom is 0.305 e. The number of aliphatic hydroxyl groups excluding tert-OH is 2. The van der Waals surface area contributed by atoms with Crippen LogP contribution >= 0.6 is 0 Å². The van der Waals surface area contributed by atoms with Crippen LogP contribution in [0.1, 0.15) is 412 Å². The van der Waals surface area contributed by atoms with E-state index in [2.05, 4.69) is 67.8 Å². The fourth-order valence-electron chi connectivity index (χ4n) is 11.9. The molecule has 0 aromatic carbocycles. The van der Waals surface area contributed by atoms with E-state index < -0.39 is 12.1 Å². The van der Waals surface area contributed by atoms with Crippen molar-refractivity contribution >= 4 is 11.9 Å². The Bertz CT molecular complexity index is 1480. The second-order valence-electron chi connectivity index (χ2n) is 26.3. The Morgan fingerprint density at radius 2 is 0.593 bits per heavy atom. The number of esters is 1. The number of hydrogen-bond donors (Lipinski definition) is 3. The highest BCUT2D eigenvalue weighted by Gasteiger charge is 2.18. The van der Waals surface area contributed by atoms with Crippen LogP contribution in [0.2, 0.25) is 0 Å². The lowest BCUT2D eigenvalue weighted by molar-refractivity contribution is -0.143. The van der Waals surface area contributed by atoms with Crippen molar-refractivity contribution in [3.63, 3.8) is 0 Å². The van der Waals surface area contributed by atoms with Crippen molar-refractivity contribution in [2.75, 3.05) is 13.2 Å². The molecular weight excluding hydrogens is 1050 g/mol. The number of carbonyl (C=O) groups is 2. The Balaban J connectivity index is 3.43. The molecule has 2 unspecified atom stereocenters. The van der Waals surface area contributed by atoms with Crippen molar-refractivity contribution in [1.82, 2.24) is 5.32 Å². The van der Waals surface area contributed by atoms with Crippen molar-refractivity contribution < 1.29 is 24.5 Å². The van der Waals surface area contributed by atoms with E-state index >= 15 is 0 Å². The van der Waals surface area contributed by atoms with Crippen LogP contribution in [-0.4, -0.2) is 47.4 Å². The Morgan fingerprint density at radius 3 is 0.919 bits per heavy atom. The van der Waals surface area contributed by atoms with Gasteiger partial charge in [0.25, 0.3) is 0 Å². The van der Waals surface area contributed by atoms with Crippen LogP contribution in [0.15, 0.2) is 60.8 Å². The highest BCUT2D eigenvalue weighted by Crippen LogP contribution is 2.19. The SMILES string of the molecule is CCCC/C=C\C/C=C\CCCCCCCC(=O)OCCCCCCCCCCC/C=C\C/C=C\CCCCCCCCCCCCCCCCCC(=O)NC(CO)C(O)/C=C/CCCCCCCCCCCCCCCCCCCCCCCC. The zero-order chi connectivity index (χ0) is 62.0. The molecule has 0 aromatic rings. The third-order valence-electron chi connectivity index (χ3n) is 17.8. The van der Waals surface area contributed by atoms with Crippen LogP contribution in [0.3, 0.4) is 0 Å². The molecule has 0 aromatic heterocycles. The molecular formula is C80H149NO5. The first kappa shape index (κ1) is 83.6. The molecule has 0 rings (SSSR count). The summed E-state index contributed by atoms with van der Waals surface area (Å²) in [7, 11) is 0. The number of aliphatic hydroxyl groups is 2. The van der Waals surface area contributed by atoms with Crippen LogP contribution in [0.4, 0.5) is 0 Å². The molecule has 504 valence electrons. The van der Waals surface area contributed by atoms with Crippen LogP contribution in [0, 0.1) is 0 Å². The largest absolute Gasteiger partial charge is 0.466 e. The molecule has 6 nitrogen and oxygen atoms in total. The predicted octanol–water partition coefficient (Wildman–Crippen LogP) is 25.4. The van der Waals surface area contributed by atoms with Crippen molar-refractivity contribution in [1.29, 1.82) is 0 Å². The number of amides is 1. The van der Waals surface area contributed by atoms with E-state index in [4.69, 9.17) is 4.74 Å². The second kappa shape index (κ2) is 75.0. The average Bonchev–Trinajstić information content (AvgIpc) is 3.54. The Hall–Kier alpha value is -2.44. The molecule has 3 N–H and O–H groups in total. The van der Waals surface area contributed by atoms with Crippen LogP contribution in [0.25, 0.3) is 0 Å². The summed E-state index contributed by atoms with van der Waals surface area (Å²) in [6.45, 7) is 4.89. The first-order valence-corrected chi connectivity index (χ1v) is 38.6. The zero-order valence-electron chi connectivity index (χ0n) is 57.8. The van der Waals surface area contributed by atoms with Gasteiger partial charge in [-0.2, -0.15) is 0 Å². The first-order chi connectivity index (χ1) is 42.5. The van der Waals surface area contributed by atoms with E-state index in [1.165, 1.54) is 327 Å². The standard InChI is InChI=1S/C80H149NO5/c1-3-5-7-9-11-13-15-17-19-20-21-22-23-33-36-39-42-45-48-52-56-60-64-68-72-78(83)77(76-82)81-79(84)73-69-65-61-57-53-49-46-43-40-37-34-31-29-27-25-24-26-28-30-32-35-38-41-44-47-51-55-59-63-67-71-75-86-80(85)74-70-66-62-58-54-50-18-16-14-12-10-8-6-4-2/h10,12,16,18,26,28,32,35,68,72,77-78,82-83H,3-9,11,13-15,17,19-25,27,29-31,33-34,36-67,69-71,73-76H2,1-2H3,(H,81,84)/b12-10-,18-16-,28-26-,35-32-,72-68+. The van der Waals surface area contributed by atoms with Gasteiger partial charge in [0.2, 0.25) is 5.91 Å². The van der Waals surface area contributed by atoms with Gasteiger partial charge in [-0.1, -0.05) is 370 Å². The minimum atomic E-state index is -0.847. The maximum atomic E-state index is 12.6. The predicted molar refractivity (Wildman–Crippen MR) is 379 cm³/mol. The normalized spacial score (nSPS) is 12.8. The fraction of sp³-hybridized carbons (Fsp3) is 0.850. The van der Waals surface area contributed by atoms with E-state index in [0.29, 0.717) is 19.4 Å². The summed E-state index contributed by atoms with van der Waals surface area (Å²) in [6.07, 6.45) is 100. The van der Waals surface area contributed by atoms with Gasteiger partial charge in [0, 0.05) is 12.8 Å². The number of nitrogens with one attached hydrogen (secondary N) is 1. The molecule has 0 aliphatic rings. The van der Waals surface area contributed by atoms with E-state index in [0.717, 1.165) is 57.8 Å². The lowest BCUT2D eigenvalue weighted by atomic mass is 10.0. The zero-order valence-corrected chi connectivity index (χ0v) is 57.8. The number of carbonyl (C=O) groups excluding carboxylic acids is 2. The Morgan fingerprint density at radius 1 is 0.326 bits per heavy atom. The van der Waals surface area contributed by atoms with Crippen molar-refractivity contribution in [3.05, 3.63) is 60.8 Å². The van der Waals surface area contributed by atoms with Gasteiger partial charge in [-0.3, -0.25) is 9.59 Å². The van der Waals surface area contributed by atoms with Gasteiger partial charge >= 0.3 is 5.97 Å². The summed E-state index contributed by atoms with van der Waals surface area (Å²) in [4.78, 5) is 24.6. The molecule has 0 heterocycles. The minimum Gasteiger partial charge on any atom is -0.466 e. The van der Waals surface area contributed by atoms with Crippen LogP contribution in [0.5, 0.6) is 0 Å². The van der Waals surface area contributed by atoms with Gasteiger partial charge in [0.1, 0.15) is 0 Å². The van der Waals surface area contributed by atoms with Crippen molar-refractivity contribution in [3.8, 4) is 0 Å². The summed E-state index contributed by atoms with van der Waals surface area (Å²) in [5, 5.41) is 23.3. The third kappa shape index (κ3) is 70.6. The summed E-state index contributed by atoms with van der Waals surface area (Å²) in [6, 6.07) is -0.630. The van der Waals surface area contributed by atoms with Gasteiger partial charge in [0.05, 0.1) is 25.4 Å². The molecule has 0 fully saturated rings. The van der Waals surface area contributed by atoms with Gasteiger partial charge < -0.3 is 20.3 Å². The highest BCUT2D eigenvalue weighted by molar-refractivity contribution is 5.76. The number of allylic oxidation sites excluding steroid dienone is 9. The molecule has 0 saturated carbocycles. The number of unbranched alkanes of at least 4 members (excludes halogenated alkanes) is 53. The summed E-state index contributed by atoms with van der Waals surface area (Å²) >= 11 is 0. The fourth-order valence-corrected chi connectivity index (χ4v) is 11.9. The smallest absolute Gasteiger partial charge is 0.305 e.